The Morgan fingerprint density at radius 3 is 2.70 bits per heavy atom. The second kappa shape index (κ2) is 8.42. The predicted octanol–water partition coefficient (Wildman–Crippen LogP) is 6.10. The molecule has 0 spiro atoms. The average Bonchev–Trinajstić information content (AvgIpc) is 3.44. The van der Waals surface area contributed by atoms with Crippen LogP contribution in [0, 0.1) is 11.3 Å². The minimum absolute atomic E-state index is 0.520. The maximum Gasteiger partial charge on any atom is 0.136 e. The van der Waals surface area contributed by atoms with E-state index in [1.165, 1.54) is 10.6 Å². The molecule has 1 saturated heterocycles. The number of anilines is 1. The van der Waals surface area contributed by atoms with Crippen molar-refractivity contribution in [1.82, 2.24) is 4.57 Å². The summed E-state index contributed by atoms with van der Waals surface area (Å²) in [6, 6.07) is 20.7. The van der Waals surface area contributed by atoms with Gasteiger partial charge in [0.1, 0.15) is 23.4 Å². The van der Waals surface area contributed by atoms with Gasteiger partial charge in [0.15, 0.2) is 0 Å². The van der Waals surface area contributed by atoms with Crippen molar-refractivity contribution in [3.63, 3.8) is 0 Å². The van der Waals surface area contributed by atoms with Crippen molar-refractivity contribution in [2.24, 2.45) is 4.99 Å². The van der Waals surface area contributed by atoms with Gasteiger partial charge in [-0.2, -0.15) is 5.26 Å². The smallest absolute Gasteiger partial charge is 0.136 e. The molecule has 0 amide bonds. The molecule has 0 saturated carbocycles. The van der Waals surface area contributed by atoms with Crippen LogP contribution in [0.15, 0.2) is 65.8 Å². The van der Waals surface area contributed by atoms with Crippen LogP contribution < -0.4 is 9.64 Å². The van der Waals surface area contributed by atoms with Gasteiger partial charge in [0.25, 0.3) is 0 Å². The molecule has 7 rings (SSSR count). The third-order valence-electron chi connectivity index (χ3n) is 6.69. The van der Waals surface area contributed by atoms with Crippen molar-refractivity contribution >= 4 is 38.5 Å². The largest absolute Gasteiger partial charge is 0.492 e. The zero-order valence-electron chi connectivity index (χ0n) is 18.3. The molecule has 4 aromatic rings. The molecule has 33 heavy (non-hydrogen) atoms. The number of aromatic nitrogens is 1. The van der Waals surface area contributed by atoms with Gasteiger partial charge in [-0.3, -0.25) is 0 Å². The number of hydrogen-bond acceptors (Lipinski definition) is 5. The summed E-state index contributed by atoms with van der Waals surface area (Å²) in [5.41, 5.74) is 4.24. The van der Waals surface area contributed by atoms with Crippen LogP contribution in [-0.2, 0) is 6.54 Å². The van der Waals surface area contributed by atoms with Gasteiger partial charge in [0, 0.05) is 47.5 Å². The van der Waals surface area contributed by atoms with E-state index in [2.05, 4.69) is 46.0 Å². The van der Waals surface area contributed by atoms with Gasteiger partial charge < -0.3 is 14.2 Å². The summed E-state index contributed by atoms with van der Waals surface area (Å²) in [4.78, 5) is 7.27. The first-order valence-corrected chi connectivity index (χ1v) is 12.2. The fraction of sp³-hybridized carbons (Fsp3) is 0.259. The summed E-state index contributed by atoms with van der Waals surface area (Å²) in [5, 5.41) is 13.2. The van der Waals surface area contributed by atoms with E-state index >= 15 is 0 Å². The first-order valence-electron chi connectivity index (χ1n) is 11.4. The molecule has 2 aromatic heterocycles. The molecule has 1 fully saturated rings. The van der Waals surface area contributed by atoms with Gasteiger partial charge in [-0.25, -0.2) is 4.99 Å². The van der Waals surface area contributed by atoms with Crippen LogP contribution in [-0.4, -0.2) is 30.5 Å². The van der Waals surface area contributed by atoms with Crippen LogP contribution in [0.25, 0.3) is 10.9 Å². The van der Waals surface area contributed by atoms with Crippen LogP contribution >= 0.6 is 11.3 Å². The fourth-order valence-corrected chi connectivity index (χ4v) is 6.31. The molecule has 0 radical (unpaired) electrons. The highest BCUT2D eigenvalue weighted by Gasteiger charge is 2.36. The third-order valence-corrected chi connectivity index (χ3v) is 7.87. The van der Waals surface area contributed by atoms with Crippen LogP contribution in [0.4, 0.5) is 10.0 Å². The number of piperidine rings is 1. The Kier molecular flexibility index (Phi) is 5.12. The fourth-order valence-electron chi connectivity index (χ4n) is 5.07. The van der Waals surface area contributed by atoms with Crippen molar-refractivity contribution in [3.05, 3.63) is 77.5 Å². The Morgan fingerprint density at radius 2 is 1.88 bits per heavy atom. The molecule has 2 aromatic carbocycles. The highest BCUT2D eigenvalue weighted by atomic mass is 32.1. The summed E-state index contributed by atoms with van der Waals surface area (Å²) in [6.07, 6.45) is 6.36. The quantitative estimate of drug-likeness (QED) is 0.332. The van der Waals surface area contributed by atoms with E-state index < -0.39 is 0 Å². The van der Waals surface area contributed by atoms with Crippen molar-refractivity contribution < 1.29 is 4.74 Å². The van der Waals surface area contributed by atoms with E-state index in [4.69, 9.17) is 9.73 Å². The molecular weight excluding hydrogens is 428 g/mol. The highest BCUT2D eigenvalue weighted by molar-refractivity contribution is 7.20. The molecule has 5 heterocycles. The van der Waals surface area contributed by atoms with Gasteiger partial charge in [0.05, 0.1) is 17.1 Å². The van der Waals surface area contributed by atoms with E-state index in [0.717, 1.165) is 65.3 Å². The molecule has 0 aliphatic carbocycles. The number of fused-ring (bicyclic) bond motifs is 3. The van der Waals surface area contributed by atoms with Crippen molar-refractivity contribution in [2.75, 3.05) is 24.6 Å². The van der Waals surface area contributed by atoms with E-state index in [9.17, 15) is 5.26 Å². The second-order valence-corrected chi connectivity index (χ2v) is 9.57. The van der Waals surface area contributed by atoms with Gasteiger partial charge in [-0.15, -0.1) is 0 Å². The number of hydrogen-bond donors (Lipinski definition) is 0. The third kappa shape index (κ3) is 3.59. The van der Waals surface area contributed by atoms with E-state index in [0.29, 0.717) is 12.5 Å². The maximum absolute atomic E-state index is 9.90. The van der Waals surface area contributed by atoms with Crippen LogP contribution in [0.2, 0.25) is 0 Å². The summed E-state index contributed by atoms with van der Waals surface area (Å²) < 4.78 is 8.13. The molecule has 0 atom stereocenters. The monoisotopic (exact) mass is 452 g/mol. The molecule has 164 valence electrons. The number of para-hydroxylation sites is 2. The molecule has 2 bridgehead atoms. The first kappa shape index (κ1) is 20.1. The second-order valence-electron chi connectivity index (χ2n) is 8.59. The Labute approximate surface area is 197 Å². The lowest BCUT2D eigenvalue weighted by Gasteiger charge is -2.39. The Morgan fingerprint density at radius 1 is 1.09 bits per heavy atom. The summed E-state index contributed by atoms with van der Waals surface area (Å²) >= 11 is 1.67. The lowest BCUT2D eigenvalue weighted by Crippen LogP contribution is -2.37. The van der Waals surface area contributed by atoms with Crippen LogP contribution in [0.1, 0.15) is 35.4 Å². The first-order chi connectivity index (χ1) is 16.3. The molecule has 0 unspecified atom stereocenters. The van der Waals surface area contributed by atoms with Crippen molar-refractivity contribution in [3.8, 4) is 11.8 Å². The van der Waals surface area contributed by atoms with Crippen molar-refractivity contribution in [2.45, 2.75) is 25.3 Å². The average molecular weight is 453 g/mol. The zero-order chi connectivity index (χ0) is 22.2. The normalized spacial score (nSPS) is 15.3. The summed E-state index contributed by atoms with van der Waals surface area (Å²) in [7, 11) is 0. The standard InChI is InChI=1S/C27H24N4OS/c28-16-23-25-19-10-12-30(13-11-19)27(25)33-26(23)29-17-20-18-31(24-9-5-4-8-22(20)24)14-15-32-21-6-2-1-3-7-21/h1-9,17-19H,10-15H2. The number of thiophene rings is 1. The van der Waals surface area contributed by atoms with E-state index in [1.807, 2.05) is 36.5 Å². The minimum Gasteiger partial charge on any atom is -0.492 e. The lowest BCUT2D eigenvalue weighted by molar-refractivity contribution is 0.300. The number of nitrogens with zero attached hydrogens (tertiary/aromatic N) is 4. The van der Waals surface area contributed by atoms with Gasteiger partial charge >= 0.3 is 0 Å². The predicted molar refractivity (Wildman–Crippen MR) is 134 cm³/mol. The maximum atomic E-state index is 9.90. The van der Waals surface area contributed by atoms with Crippen LogP contribution in [0.3, 0.4) is 0 Å². The Hall–Kier alpha value is -3.56. The molecule has 3 aliphatic heterocycles. The lowest BCUT2D eigenvalue weighted by atomic mass is 9.84. The minimum atomic E-state index is 0.520. The molecule has 6 heteroatoms. The number of aliphatic imine (C=N–C) groups is 1. The number of ether oxygens (including phenoxy) is 1. The topological polar surface area (TPSA) is 53.6 Å². The summed E-state index contributed by atoms with van der Waals surface area (Å²) in [6.45, 7) is 3.54. The van der Waals surface area contributed by atoms with Gasteiger partial charge in [-0.05, 0) is 37.0 Å². The highest BCUT2D eigenvalue weighted by Crippen LogP contribution is 2.52. The summed E-state index contributed by atoms with van der Waals surface area (Å²) in [5.74, 6) is 1.40. The molecule has 0 N–H and O–H groups in total. The Balaban J connectivity index is 1.29. The molecular formula is C27H24N4OS. The van der Waals surface area contributed by atoms with Gasteiger partial charge in [-0.1, -0.05) is 47.7 Å². The van der Waals surface area contributed by atoms with Crippen molar-refractivity contribution in [1.29, 1.82) is 5.26 Å². The van der Waals surface area contributed by atoms with Gasteiger partial charge in [0.2, 0.25) is 0 Å². The van der Waals surface area contributed by atoms with E-state index in [1.54, 1.807) is 11.3 Å². The molecule has 3 aliphatic rings. The number of rotatable bonds is 6. The SMILES string of the molecule is N#Cc1c(N=Cc2cn(CCOc3ccccc3)c3ccccc23)sc2c1C1CCN2CC1. The zero-order valence-corrected chi connectivity index (χ0v) is 19.1. The Bertz CT molecular complexity index is 1370. The van der Waals surface area contributed by atoms with Crippen LogP contribution in [0.5, 0.6) is 5.75 Å². The number of nitriles is 1. The number of benzene rings is 2. The molecule has 5 nitrogen and oxygen atoms in total. The van der Waals surface area contributed by atoms with E-state index in [-0.39, 0.29) is 0 Å².